The Hall–Kier alpha value is -2.40. The number of aliphatic hydroxyl groups is 2. The van der Waals surface area contributed by atoms with E-state index in [4.69, 9.17) is 19.7 Å². The van der Waals surface area contributed by atoms with E-state index in [0.29, 0.717) is 50.9 Å². The second-order valence-electron chi connectivity index (χ2n) is 10.3. The molecule has 0 bridgehead atoms. The van der Waals surface area contributed by atoms with Gasteiger partial charge in [0.05, 0.1) is 32.9 Å². The van der Waals surface area contributed by atoms with E-state index in [0.717, 1.165) is 45.0 Å². The summed E-state index contributed by atoms with van der Waals surface area (Å²) in [5, 5.41) is 29.0. The Bertz CT molecular complexity index is 1190. The lowest BCUT2D eigenvalue weighted by Gasteiger charge is -2.32. The van der Waals surface area contributed by atoms with Crippen LogP contribution in [0.2, 0.25) is 0 Å². The van der Waals surface area contributed by atoms with Gasteiger partial charge in [0.15, 0.2) is 0 Å². The number of hydrogen-bond acceptors (Lipinski definition) is 10. The van der Waals surface area contributed by atoms with Crippen molar-refractivity contribution >= 4 is 33.3 Å². The van der Waals surface area contributed by atoms with Crippen LogP contribution in [-0.4, -0.2) is 67.7 Å². The SMILES string of the molecule is CCC(CCNc1nc(NCC2(O)CCOCC2)nc(C)c1-c1nc2c(C)nccc2s1)C(C)(C)O. The standard InChI is InChI=1S/C26H38N6O3S/c1-6-18(25(4,5)33)7-11-28-22-20(23-31-21-17(3)27-12-8-19(21)36-23)16(2)30-24(32-22)29-15-26(34)9-13-35-14-10-26/h8,12,18,33-34H,6-7,9-11,13-15H2,1-5H3,(H2,28,29,30,32). The molecule has 1 saturated heterocycles. The van der Waals surface area contributed by atoms with Crippen LogP contribution in [0.4, 0.5) is 11.8 Å². The first-order chi connectivity index (χ1) is 17.1. The minimum atomic E-state index is -0.833. The van der Waals surface area contributed by atoms with Crippen LogP contribution in [0.25, 0.3) is 20.8 Å². The van der Waals surface area contributed by atoms with Gasteiger partial charge in [0.2, 0.25) is 5.95 Å². The summed E-state index contributed by atoms with van der Waals surface area (Å²) < 4.78 is 6.46. The summed E-state index contributed by atoms with van der Waals surface area (Å²) in [4.78, 5) is 18.8. The molecule has 1 aliphatic heterocycles. The van der Waals surface area contributed by atoms with Crippen molar-refractivity contribution in [2.24, 2.45) is 5.92 Å². The lowest BCUT2D eigenvalue weighted by atomic mass is 9.86. The van der Waals surface area contributed by atoms with Gasteiger partial charge in [-0.3, -0.25) is 4.98 Å². The number of hydrogen-bond donors (Lipinski definition) is 4. The molecule has 0 aromatic carbocycles. The molecule has 0 amide bonds. The van der Waals surface area contributed by atoms with Crippen LogP contribution < -0.4 is 10.6 Å². The third kappa shape index (κ3) is 6.11. The molecule has 3 aromatic rings. The van der Waals surface area contributed by atoms with Crippen molar-refractivity contribution in [2.45, 2.75) is 71.5 Å². The smallest absolute Gasteiger partial charge is 0.225 e. The maximum Gasteiger partial charge on any atom is 0.225 e. The third-order valence-corrected chi connectivity index (χ3v) is 8.11. The van der Waals surface area contributed by atoms with E-state index in [1.807, 2.05) is 33.8 Å². The number of nitrogens with zero attached hydrogens (tertiary/aromatic N) is 4. The van der Waals surface area contributed by atoms with Gasteiger partial charge in [0, 0.05) is 45.3 Å². The van der Waals surface area contributed by atoms with Gasteiger partial charge in [0.1, 0.15) is 16.3 Å². The Labute approximate surface area is 216 Å². The first-order valence-electron chi connectivity index (χ1n) is 12.7. The minimum Gasteiger partial charge on any atom is -0.390 e. The Morgan fingerprint density at radius 1 is 1.14 bits per heavy atom. The summed E-state index contributed by atoms with van der Waals surface area (Å²) >= 11 is 1.60. The van der Waals surface area contributed by atoms with E-state index in [2.05, 4.69) is 22.5 Å². The van der Waals surface area contributed by atoms with Crippen molar-refractivity contribution < 1.29 is 14.9 Å². The van der Waals surface area contributed by atoms with Gasteiger partial charge >= 0.3 is 0 Å². The monoisotopic (exact) mass is 514 g/mol. The molecule has 196 valence electrons. The number of thiazole rings is 1. The molecule has 0 radical (unpaired) electrons. The summed E-state index contributed by atoms with van der Waals surface area (Å²) in [6, 6.07) is 1.98. The molecular weight excluding hydrogens is 476 g/mol. The van der Waals surface area contributed by atoms with E-state index < -0.39 is 11.2 Å². The summed E-state index contributed by atoms with van der Waals surface area (Å²) in [5.74, 6) is 1.32. The fourth-order valence-corrected chi connectivity index (χ4v) is 5.83. The predicted octanol–water partition coefficient (Wildman–Crippen LogP) is 4.32. The molecule has 1 aliphatic rings. The quantitative estimate of drug-likeness (QED) is 0.313. The normalized spacial score (nSPS) is 16.8. The molecule has 4 N–H and O–H groups in total. The summed E-state index contributed by atoms with van der Waals surface area (Å²) in [5.41, 5.74) is 1.86. The van der Waals surface area contributed by atoms with Gasteiger partial charge in [0.25, 0.3) is 0 Å². The molecule has 0 spiro atoms. The first-order valence-corrected chi connectivity index (χ1v) is 13.5. The first kappa shape index (κ1) is 26.7. The molecule has 0 saturated carbocycles. The summed E-state index contributed by atoms with van der Waals surface area (Å²) in [6.07, 6.45) is 4.65. The van der Waals surface area contributed by atoms with E-state index in [-0.39, 0.29) is 5.92 Å². The molecular formula is C26H38N6O3S. The van der Waals surface area contributed by atoms with Gasteiger partial charge in [-0.25, -0.2) is 9.97 Å². The topological polar surface area (TPSA) is 125 Å². The number of ether oxygens (including phenoxy) is 1. The van der Waals surface area contributed by atoms with Gasteiger partial charge in [-0.1, -0.05) is 13.3 Å². The highest BCUT2D eigenvalue weighted by Crippen LogP contribution is 2.37. The van der Waals surface area contributed by atoms with Crippen LogP contribution in [-0.2, 0) is 4.74 Å². The van der Waals surface area contributed by atoms with E-state index in [1.165, 1.54) is 0 Å². The summed E-state index contributed by atoms with van der Waals surface area (Å²) in [6.45, 7) is 11.9. The summed E-state index contributed by atoms with van der Waals surface area (Å²) in [7, 11) is 0. The van der Waals surface area contributed by atoms with Crippen molar-refractivity contribution in [2.75, 3.05) is 36.9 Å². The Morgan fingerprint density at radius 2 is 1.89 bits per heavy atom. The van der Waals surface area contributed by atoms with Crippen LogP contribution in [0.5, 0.6) is 0 Å². The predicted molar refractivity (Wildman–Crippen MR) is 145 cm³/mol. The van der Waals surface area contributed by atoms with Gasteiger partial charge in [-0.15, -0.1) is 11.3 Å². The number of fused-ring (bicyclic) bond motifs is 1. The van der Waals surface area contributed by atoms with Gasteiger partial charge < -0.3 is 25.6 Å². The van der Waals surface area contributed by atoms with Crippen molar-refractivity contribution in [3.05, 3.63) is 23.7 Å². The number of rotatable bonds is 10. The highest BCUT2D eigenvalue weighted by Gasteiger charge is 2.30. The van der Waals surface area contributed by atoms with Crippen LogP contribution in [0.1, 0.15) is 57.8 Å². The van der Waals surface area contributed by atoms with Gasteiger partial charge in [-0.05, 0) is 46.1 Å². The average Bonchev–Trinajstić information content (AvgIpc) is 3.25. The van der Waals surface area contributed by atoms with Crippen LogP contribution >= 0.6 is 11.3 Å². The molecule has 1 atom stereocenters. The molecule has 9 nitrogen and oxygen atoms in total. The fourth-order valence-electron chi connectivity index (χ4n) is 4.72. The van der Waals surface area contributed by atoms with E-state index in [1.54, 1.807) is 17.5 Å². The van der Waals surface area contributed by atoms with Crippen molar-refractivity contribution in [3.8, 4) is 10.6 Å². The molecule has 1 unspecified atom stereocenters. The second-order valence-corrected chi connectivity index (χ2v) is 11.3. The average molecular weight is 515 g/mol. The highest BCUT2D eigenvalue weighted by atomic mass is 32.1. The Kier molecular flexibility index (Phi) is 8.09. The Morgan fingerprint density at radius 3 is 2.56 bits per heavy atom. The molecule has 10 heteroatoms. The lowest BCUT2D eigenvalue weighted by molar-refractivity contribution is -0.0544. The molecule has 1 fully saturated rings. The fraction of sp³-hybridized carbons (Fsp3) is 0.615. The number of aryl methyl sites for hydroxylation is 2. The lowest BCUT2D eigenvalue weighted by Crippen LogP contribution is -2.42. The number of nitrogens with one attached hydrogen (secondary N) is 2. The van der Waals surface area contributed by atoms with Crippen molar-refractivity contribution in [1.82, 2.24) is 19.9 Å². The zero-order valence-corrected chi connectivity index (χ0v) is 22.7. The minimum absolute atomic E-state index is 0.160. The number of anilines is 2. The maximum absolute atomic E-state index is 10.9. The molecule has 0 aliphatic carbocycles. The largest absolute Gasteiger partial charge is 0.390 e. The third-order valence-electron chi connectivity index (χ3n) is 7.07. The zero-order chi connectivity index (χ0) is 25.9. The van der Waals surface area contributed by atoms with Crippen molar-refractivity contribution in [1.29, 1.82) is 0 Å². The number of pyridine rings is 1. The number of aromatic nitrogens is 4. The zero-order valence-electron chi connectivity index (χ0n) is 21.9. The second kappa shape index (κ2) is 10.9. The Balaban J connectivity index is 1.63. The molecule has 4 rings (SSSR count). The van der Waals surface area contributed by atoms with E-state index in [9.17, 15) is 10.2 Å². The van der Waals surface area contributed by atoms with Crippen LogP contribution in [0.15, 0.2) is 12.3 Å². The van der Waals surface area contributed by atoms with Crippen molar-refractivity contribution in [3.63, 3.8) is 0 Å². The molecule has 36 heavy (non-hydrogen) atoms. The van der Waals surface area contributed by atoms with Crippen LogP contribution in [0.3, 0.4) is 0 Å². The van der Waals surface area contributed by atoms with Gasteiger partial charge in [-0.2, -0.15) is 4.98 Å². The molecule has 4 heterocycles. The van der Waals surface area contributed by atoms with Crippen LogP contribution in [0, 0.1) is 19.8 Å². The van der Waals surface area contributed by atoms with E-state index >= 15 is 0 Å². The molecule has 3 aromatic heterocycles. The highest BCUT2D eigenvalue weighted by molar-refractivity contribution is 7.21. The maximum atomic E-state index is 10.9.